The molecular weight excluding hydrogens is 230 g/mol. The van der Waals surface area contributed by atoms with Gasteiger partial charge in [-0.15, -0.1) is 0 Å². The number of nitrogens with two attached hydrogens (primary N) is 1. The van der Waals surface area contributed by atoms with Crippen molar-refractivity contribution in [2.45, 2.75) is 18.9 Å². The van der Waals surface area contributed by atoms with Gasteiger partial charge in [-0.05, 0) is 35.6 Å². The Labute approximate surface area is 106 Å². The molecule has 1 aliphatic rings. The fraction of sp³-hybridized carbons (Fsp3) is 0.200. The second-order valence-electron chi connectivity index (χ2n) is 4.50. The quantitative estimate of drug-likeness (QED) is 0.806. The van der Waals surface area contributed by atoms with E-state index >= 15 is 0 Å². The monoisotopic (exact) mass is 243 g/mol. The molecule has 0 aliphatic heterocycles. The lowest BCUT2D eigenvalue weighted by atomic mass is 9.96. The molecule has 0 saturated carbocycles. The number of fused-ring (bicyclic) bond motifs is 1. The SMILES string of the molecule is NC1CCc2c(-c3ccccc3Cl)cccc21. The molecule has 0 bridgehead atoms. The van der Waals surface area contributed by atoms with Crippen LogP contribution in [-0.4, -0.2) is 0 Å². The molecule has 1 unspecified atom stereocenters. The van der Waals surface area contributed by atoms with Crippen LogP contribution in [0.5, 0.6) is 0 Å². The van der Waals surface area contributed by atoms with Gasteiger partial charge in [0.15, 0.2) is 0 Å². The first-order chi connectivity index (χ1) is 8.27. The maximum absolute atomic E-state index is 6.27. The van der Waals surface area contributed by atoms with Crippen LogP contribution in [0.2, 0.25) is 5.02 Å². The number of rotatable bonds is 1. The third-order valence-electron chi connectivity index (χ3n) is 3.48. The summed E-state index contributed by atoms with van der Waals surface area (Å²) >= 11 is 6.27. The highest BCUT2D eigenvalue weighted by molar-refractivity contribution is 6.33. The second kappa shape index (κ2) is 4.17. The van der Waals surface area contributed by atoms with E-state index < -0.39 is 0 Å². The van der Waals surface area contributed by atoms with Crippen molar-refractivity contribution in [3.05, 3.63) is 58.6 Å². The molecule has 0 fully saturated rings. The Bertz CT molecular complexity index is 563. The van der Waals surface area contributed by atoms with Gasteiger partial charge in [-0.1, -0.05) is 48.0 Å². The zero-order valence-corrected chi connectivity index (χ0v) is 10.2. The minimum absolute atomic E-state index is 0.187. The van der Waals surface area contributed by atoms with Gasteiger partial charge in [0.05, 0.1) is 0 Å². The van der Waals surface area contributed by atoms with Crippen molar-refractivity contribution < 1.29 is 0 Å². The van der Waals surface area contributed by atoms with Gasteiger partial charge in [0.1, 0.15) is 0 Å². The van der Waals surface area contributed by atoms with Crippen LogP contribution in [0, 0.1) is 0 Å². The zero-order valence-electron chi connectivity index (χ0n) is 9.49. The Morgan fingerprint density at radius 1 is 1.00 bits per heavy atom. The summed E-state index contributed by atoms with van der Waals surface area (Å²) in [4.78, 5) is 0. The minimum Gasteiger partial charge on any atom is -0.324 e. The molecule has 17 heavy (non-hydrogen) atoms. The van der Waals surface area contributed by atoms with E-state index in [2.05, 4.69) is 24.3 Å². The van der Waals surface area contributed by atoms with Gasteiger partial charge in [-0.2, -0.15) is 0 Å². The fourth-order valence-electron chi connectivity index (χ4n) is 2.62. The number of hydrogen-bond donors (Lipinski definition) is 1. The van der Waals surface area contributed by atoms with E-state index in [4.69, 9.17) is 17.3 Å². The third kappa shape index (κ3) is 1.76. The molecule has 0 amide bonds. The lowest BCUT2D eigenvalue weighted by Crippen LogP contribution is -2.04. The molecule has 0 radical (unpaired) electrons. The molecule has 3 rings (SSSR count). The van der Waals surface area contributed by atoms with Crippen molar-refractivity contribution in [1.82, 2.24) is 0 Å². The number of hydrogen-bond acceptors (Lipinski definition) is 1. The van der Waals surface area contributed by atoms with Crippen molar-refractivity contribution in [2.24, 2.45) is 5.73 Å². The molecule has 0 aromatic heterocycles. The maximum Gasteiger partial charge on any atom is 0.0484 e. The van der Waals surface area contributed by atoms with E-state index in [1.165, 1.54) is 16.7 Å². The molecule has 2 heteroatoms. The summed E-state index contributed by atoms with van der Waals surface area (Å²) in [5.74, 6) is 0. The highest BCUT2D eigenvalue weighted by Crippen LogP contribution is 2.38. The van der Waals surface area contributed by atoms with E-state index in [1.807, 2.05) is 18.2 Å². The topological polar surface area (TPSA) is 26.0 Å². The molecule has 2 aromatic rings. The summed E-state index contributed by atoms with van der Waals surface area (Å²) in [6.07, 6.45) is 2.09. The molecule has 1 aliphatic carbocycles. The minimum atomic E-state index is 0.187. The third-order valence-corrected chi connectivity index (χ3v) is 3.81. The van der Waals surface area contributed by atoms with Crippen molar-refractivity contribution in [1.29, 1.82) is 0 Å². The average molecular weight is 244 g/mol. The van der Waals surface area contributed by atoms with E-state index in [1.54, 1.807) is 0 Å². The molecule has 2 aromatic carbocycles. The largest absolute Gasteiger partial charge is 0.324 e. The number of halogens is 1. The van der Waals surface area contributed by atoms with Gasteiger partial charge in [-0.3, -0.25) is 0 Å². The van der Waals surface area contributed by atoms with Crippen molar-refractivity contribution in [2.75, 3.05) is 0 Å². The summed E-state index contributed by atoms with van der Waals surface area (Å²) in [6.45, 7) is 0. The molecular formula is C15H14ClN. The van der Waals surface area contributed by atoms with E-state index in [0.29, 0.717) is 0 Å². The maximum atomic E-state index is 6.27. The van der Waals surface area contributed by atoms with Crippen LogP contribution in [0.25, 0.3) is 11.1 Å². The van der Waals surface area contributed by atoms with E-state index in [9.17, 15) is 0 Å². The molecule has 2 N–H and O–H groups in total. The van der Waals surface area contributed by atoms with Crippen LogP contribution in [0.3, 0.4) is 0 Å². The number of benzene rings is 2. The fourth-order valence-corrected chi connectivity index (χ4v) is 2.86. The zero-order chi connectivity index (χ0) is 11.8. The Balaban J connectivity index is 2.20. The van der Waals surface area contributed by atoms with Crippen molar-refractivity contribution >= 4 is 11.6 Å². The highest BCUT2D eigenvalue weighted by Gasteiger charge is 2.22. The van der Waals surface area contributed by atoms with Crippen molar-refractivity contribution in [3.63, 3.8) is 0 Å². The van der Waals surface area contributed by atoms with Gasteiger partial charge in [-0.25, -0.2) is 0 Å². The van der Waals surface area contributed by atoms with Gasteiger partial charge < -0.3 is 5.73 Å². The Morgan fingerprint density at radius 2 is 1.76 bits per heavy atom. The van der Waals surface area contributed by atoms with Crippen LogP contribution in [0.4, 0.5) is 0 Å². The summed E-state index contributed by atoms with van der Waals surface area (Å²) in [5, 5.41) is 0.807. The molecule has 1 atom stereocenters. The van der Waals surface area contributed by atoms with Crippen LogP contribution in [0.15, 0.2) is 42.5 Å². The lowest BCUT2D eigenvalue weighted by Gasteiger charge is -2.11. The van der Waals surface area contributed by atoms with E-state index in [-0.39, 0.29) is 6.04 Å². The van der Waals surface area contributed by atoms with Gasteiger partial charge in [0.25, 0.3) is 0 Å². The van der Waals surface area contributed by atoms with Gasteiger partial charge in [0, 0.05) is 16.6 Å². The summed E-state index contributed by atoms with van der Waals surface area (Å²) in [5.41, 5.74) is 11.1. The first kappa shape index (κ1) is 10.8. The molecule has 0 heterocycles. The van der Waals surface area contributed by atoms with Gasteiger partial charge >= 0.3 is 0 Å². The summed E-state index contributed by atoms with van der Waals surface area (Å²) in [7, 11) is 0. The Hall–Kier alpha value is -1.31. The molecule has 1 nitrogen and oxygen atoms in total. The first-order valence-corrected chi connectivity index (χ1v) is 6.27. The summed E-state index contributed by atoms with van der Waals surface area (Å²) in [6, 6.07) is 14.5. The highest BCUT2D eigenvalue weighted by atomic mass is 35.5. The van der Waals surface area contributed by atoms with Crippen LogP contribution in [0.1, 0.15) is 23.6 Å². The predicted molar refractivity (Wildman–Crippen MR) is 72.1 cm³/mol. The lowest BCUT2D eigenvalue weighted by molar-refractivity contribution is 0.713. The van der Waals surface area contributed by atoms with E-state index in [0.717, 1.165) is 23.4 Å². The normalized spacial score (nSPS) is 18.1. The predicted octanol–water partition coefficient (Wildman–Crippen LogP) is 3.95. The van der Waals surface area contributed by atoms with Crippen LogP contribution >= 0.6 is 11.6 Å². The first-order valence-electron chi connectivity index (χ1n) is 5.89. The molecule has 0 spiro atoms. The Morgan fingerprint density at radius 3 is 2.59 bits per heavy atom. The van der Waals surface area contributed by atoms with Crippen LogP contribution < -0.4 is 5.73 Å². The average Bonchev–Trinajstić information content (AvgIpc) is 2.72. The molecule has 86 valence electrons. The Kier molecular flexibility index (Phi) is 2.65. The summed E-state index contributed by atoms with van der Waals surface area (Å²) < 4.78 is 0. The standard InChI is InChI=1S/C15H14ClN/c16-14-7-2-1-4-12(14)10-5-3-6-13-11(10)8-9-15(13)17/h1-7,15H,8-9,17H2. The van der Waals surface area contributed by atoms with Crippen molar-refractivity contribution in [3.8, 4) is 11.1 Å². The second-order valence-corrected chi connectivity index (χ2v) is 4.91. The van der Waals surface area contributed by atoms with Crippen LogP contribution in [-0.2, 0) is 6.42 Å². The van der Waals surface area contributed by atoms with Gasteiger partial charge in [0.2, 0.25) is 0 Å². The smallest absolute Gasteiger partial charge is 0.0484 e. The molecule has 0 saturated heterocycles.